The second-order valence-corrected chi connectivity index (χ2v) is 12.7. The van der Waals surface area contributed by atoms with Crippen molar-refractivity contribution in [3.63, 3.8) is 0 Å². The molecule has 6 rings (SSSR count). The van der Waals surface area contributed by atoms with Gasteiger partial charge in [0.15, 0.2) is 10.9 Å². The van der Waals surface area contributed by atoms with E-state index in [0.29, 0.717) is 30.9 Å². The van der Waals surface area contributed by atoms with Crippen LogP contribution in [0.5, 0.6) is 0 Å². The molecule has 12 heteroatoms. The van der Waals surface area contributed by atoms with E-state index >= 15 is 0 Å². The molecule has 0 amide bonds. The van der Waals surface area contributed by atoms with Gasteiger partial charge in [-0.1, -0.05) is 61.9 Å². The van der Waals surface area contributed by atoms with Crippen molar-refractivity contribution in [3.8, 4) is 0 Å². The fraction of sp³-hybridized carbons (Fsp3) is 0.222. The number of hydrogen-bond donors (Lipinski definition) is 3. The van der Waals surface area contributed by atoms with Crippen molar-refractivity contribution in [2.75, 3.05) is 32.8 Å². The number of fused-ring (bicyclic) bond motifs is 4. The van der Waals surface area contributed by atoms with Crippen molar-refractivity contribution in [2.45, 2.75) is 19.8 Å². The van der Waals surface area contributed by atoms with Gasteiger partial charge >= 0.3 is 51.4 Å². The van der Waals surface area contributed by atoms with Gasteiger partial charge in [-0.3, -0.25) is 9.59 Å². The van der Waals surface area contributed by atoms with Crippen LogP contribution in [0.1, 0.15) is 40.5 Å². The summed E-state index contributed by atoms with van der Waals surface area (Å²) < 4.78 is 2.51. The number of carboxylic acid groups (broad SMARTS) is 2. The van der Waals surface area contributed by atoms with Crippen LogP contribution in [0.4, 0.5) is 0 Å². The summed E-state index contributed by atoms with van der Waals surface area (Å²) in [4.78, 5) is 47.9. The summed E-state index contributed by atoms with van der Waals surface area (Å²) in [6, 6.07) is 23.7. The third kappa shape index (κ3) is 9.63. The molecule has 4 aromatic carbocycles. The normalized spacial score (nSPS) is 10.7. The van der Waals surface area contributed by atoms with Crippen LogP contribution in [0.2, 0.25) is 0 Å². The van der Waals surface area contributed by atoms with Gasteiger partial charge in [0.1, 0.15) is 13.1 Å². The molecule has 2 aromatic heterocycles. The zero-order valence-corrected chi connectivity index (χ0v) is 31.4. The van der Waals surface area contributed by atoms with Crippen LogP contribution in [0.25, 0.3) is 40.3 Å². The Kier molecular flexibility index (Phi) is 15.9. The number of aliphatic hydroxyl groups is 2. The van der Waals surface area contributed by atoms with Crippen LogP contribution in [0.15, 0.2) is 94.5 Å². The van der Waals surface area contributed by atoms with Crippen molar-refractivity contribution < 1.29 is 86.3 Å². The Hall–Kier alpha value is -2.88. The first-order valence-electron chi connectivity index (χ1n) is 15.1. The molecule has 0 unspecified atom stereocenters. The molecule has 0 aliphatic rings. The topological polar surface area (TPSA) is 159 Å². The van der Waals surface area contributed by atoms with E-state index in [-0.39, 0.29) is 86.6 Å². The van der Waals surface area contributed by atoms with E-state index in [1.807, 2.05) is 24.3 Å². The molecule has 6 aromatic rings. The predicted molar refractivity (Wildman–Crippen MR) is 185 cm³/mol. The second kappa shape index (κ2) is 19.3. The molecule has 0 radical (unpaired) electrons. The molecule has 0 spiro atoms. The molecule has 48 heavy (non-hydrogen) atoms. The number of rotatable bonds is 9. The molecule has 0 aliphatic carbocycles. The van der Waals surface area contributed by atoms with E-state index in [0.717, 1.165) is 29.0 Å². The summed E-state index contributed by atoms with van der Waals surface area (Å²) in [5.74, 6) is -2.52. The minimum Gasteiger partial charge on any atom is -0.545 e. The SMILES string of the molecule is CCCC[NH+](CCO)CCO.O=C([O-])c1cccc2c(=O)c3ccccc3sc12.O=C([O-])c1cccc2c(=O)c3ccccc3sc12.[K+]. The number of carbonyl (C=O) groups excluding carboxylic acids is 2. The Bertz CT molecular complexity index is 2000. The molecule has 0 saturated carbocycles. The number of carbonyl (C=O) groups is 2. The molecular weight excluding hydrogens is 678 g/mol. The molecular formula is C36H34KNO8S2. The Morgan fingerprint density at radius 1 is 0.625 bits per heavy atom. The van der Waals surface area contributed by atoms with Gasteiger partial charge in [-0.05, 0) is 42.8 Å². The largest absolute Gasteiger partial charge is 1.00 e. The van der Waals surface area contributed by atoms with Crippen molar-refractivity contribution >= 4 is 75.0 Å². The average Bonchev–Trinajstić information content (AvgIpc) is 3.08. The Labute approximate surface area is 327 Å². The summed E-state index contributed by atoms with van der Waals surface area (Å²) in [6.45, 7) is 5.19. The van der Waals surface area contributed by atoms with E-state index in [9.17, 15) is 29.4 Å². The molecule has 0 saturated heterocycles. The first-order chi connectivity index (χ1) is 22.7. The number of carboxylic acids is 2. The third-order valence-electron chi connectivity index (χ3n) is 7.46. The van der Waals surface area contributed by atoms with Gasteiger partial charge in [-0.25, -0.2) is 0 Å². The van der Waals surface area contributed by atoms with Gasteiger partial charge in [0.05, 0.1) is 31.7 Å². The van der Waals surface area contributed by atoms with Gasteiger partial charge in [-0.15, -0.1) is 22.7 Å². The summed E-state index contributed by atoms with van der Waals surface area (Å²) in [5.41, 5.74) is -0.134. The van der Waals surface area contributed by atoms with Crippen LogP contribution < -0.4 is 77.4 Å². The van der Waals surface area contributed by atoms with Crippen molar-refractivity contribution in [1.82, 2.24) is 0 Å². The number of quaternary nitrogens is 1. The van der Waals surface area contributed by atoms with Gasteiger partial charge in [0.25, 0.3) is 0 Å². The number of benzene rings is 4. The van der Waals surface area contributed by atoms with Crippen LogP contribution in [-0.2, 0) is 0 Å². The minimum atomic E-state index is -1.26. The van der Waals surface area contributed by atoms with E-state index in [1.165, 1.54) is 52.5 Å². The smallest absolute Gasteiger partial charge is 0.545 e. The Balaban J connectivity index is 0.000000200. The van der Waals surface area contributed by atoms with E-state index < -0.39 is 11.9 Å². The number of aliphatic hydroxyl groups excluding tert-OH is 2. The van der Waals surface area contributed by atoms with Crippen molar-refractivity contribution in [1.29, 1.82) is 0 Å². The van der Waals surface area contributed by atoms with Crippen LogP contribution in [0.3, 0.4) is 0 Å². The van der Waals surface area contributed by atoms with E-state index in [4.69, 9.17) is 10.2 Å². The molecule has 9 nitrogen and oxygen atoms in total. The second-order valence-electron chi connectivity index (χ2n) is 10.6. The standard InChI is InChI=1S/2C14H8O3S.C8H19NO2.K/c2*15-12-8-4-1-2-7-11(8)18-13-9(12)5-3-6-10(13)14(16)17;1-2-3-4-9(5-7-10)6-8-11;/h2*1-7H,(H,16,17);10-11H,2-8H2,1H3;/q;;;+1/p-1. The van der Waals surface area contributed by atoms with Gasteiger partial charge in [0, 0.05) is 51.5 Å². The molecule has 0 fully saturated rings. The van der Waals surface area contributed by atoms with E-state index in [2.05, 4.69) is 6.92 Å². The molecule has 0 bridgehead atoms. The number of unbranched alkanes of at least 4 members (excludes halogenated alkanes) is 1. The fourth-order valence-electron chi connectivity index (χ4n) is 5.09. The van der Waals surface area contributed by atoms with Crippen molar-refractivity contribution in [2.24, 2.45) is 0 Å². The van der Waals surface area contributed by atoms with Crippen LogP contribution in [-0.4, -0.2) is 55.0 Å². The predicted octanol–water partition coefficient (Wildman–Crippen LogP) is -0.784. The summed E-state index contributed by atoms with van der Waals surface area (Å²) >= 11 is 2.60. The van der Waals surface area contributed by atoms with E-state index in [1.54, 1.807) is 48.5 Å². The molecule has 0 aliphatic heterocycles. The number of nitrogens with one attached hydrogen (secondary N) is 1. The number of hydrogen-bond acceptors (Lipinski definition) is 10. The Morgan fingerprint density at radius 3 is 1.40 bits per heavy atom. The Morgan fingerprint density at radius 2 is 1.02 bits per heavy atom. The molecule has 244 valence electrons. The fourth-order valence-corrected chi connectivity index (χ4v) is 7.43. The quantitative estimate of drug-likeness (QED) is 0.130. The zero-order valence-electron chi connectivity index (χ0n) is 26.7. The average molecular weight is 712 g/mol. The maximum atomic E-state index is 12.3. The monoisotopic (exact) mass is 711 g/mol. The van der Waals surface area contributed by atoms with Gasteiger partial charge in [-0.2, -0.15) is 0 Å². The number of aromatic carboxylic acids is 2. The van der Waals surface area contributed by atoms with Crippen molar-refractivity contribution in [3.05, 3.63) is 117 Å². The minimum absolute atomic E-state index is 0. The molecule has 3 N–H and O–H groups in total. The first kappa shape index (κ1) is 39.6. The van der Waals surface area contributed by atoms with Crippen LogP contribution in [0, 0.1) is 0 Å². The van der Waals surface area contributed by atoms with Crippen LogP contribution >= 0.6 is 22.7 Å². The summed E-state index contributed by atoms with van der Waals surface area (Å²) in [7, 11) is 0. The maximum absolute atomic E-state index is 12.3. The third-order valence-corrected chi connectivity index (χ3v) is 9.90. The summed E-state index contributed by atoms with van der Waals surface area (Å²) in [5, 5.41) is 41.5. The van der Waals surface area contributed by atoms with Gasteiger partial charge in [0.2, 0.25) is 0 Å². The zero-order chi connectivity index (χ0) is 33.9. The first-order valence-corrected chi connectivity index (χ1v) is 16.7. The molecule has 0 atom stereocenters. The summed E-state index contributed by atoms with van der Waals surface area (Å²) in [6.07, 6.45) is 2.36. The molecule has 2 heterocycles. The maximum Gasteiger partial charge on any atom is 1.00 e. The van der Waals surface area contributed by atoms with Gasteiger partial charge < -0.3 is 34.9 Å².